The molecule has 14 atom stereocenters. The van der Waals surface area contributed by atoms with Gasteiger partial charge in [0.15, 0.2) is 30.7 Å². The number of carbonyl (C=O) groups excluding carboxylic acids is 6. The van der Waals surface area contributed by atoms with Crippen molar-refractivity contribution in [3.05, 3.63) is 0 Å². The minimum Gasteiger partial charge on any atom is -0.467 e. The molecule has 0 unspecified atom stereocenters. The predicted molar refractivity (Wildman–Crippen MR) is 172 cm³/mol. The lowest BCUT2D eigenvalue weighted by Gasteiger charge is -2.61. The molecule has 0 aromatic carbocycles. The van der Waals surface area contributed by atoms with E-state index in [2.05, 4.69) is 6.92 Å². The fourth-order valence-corrected chi connectivity index (χ4v) is 10.5. The zero-order valence-electron chi connectivity index (χ0n) is 30.4. The quantitative estimate of drug-likeness (QED) is 0.198. The van der Waals surface area contributed by atoms with Gasteiger partial charge in [0.25, 0.3) is 0 Å². The molecule has 0 radical (unpaired) electrons. The van der Waals surface area contributed by atoms with Crippen LogP contribution in [-0.2, 0) is 61.9 Å². The van der Waals surface area contributed by atoms with E-state index in [4.69, 9.17) is 33.2 Å². The molecule has 15 heteroatoms. The number of rotatable bonds is 9. The second-order valence-corrected chi connectivity index (χ2v) is 15.6. The summed E-state index contributed by atoms with van der Waals surface area (Å²) in [5.74, 6) is -3.95. The Kier molecular flexibility index (Phi) is 11.3. The minimum atomic E-state index is -1.57. The van der Waals surface area contributed by atoms with Crippen molar-refractivity contribution in [2.75, 3.05) is 13.7 Å². The largest absolute Gasteiger partial charge is 0.467 e. The van der Waals surface area contributed by atoms with Gasteiger partial charge in [0.1, 0.15) is 18.5 Å². The average Bonchev–Trinajstić information content (AvgIpc) is 3.31. The maximum absolute atomic E-state index is 14.2. The van der Waals surface area contributed by atoms with Gasteiger partial charge in [-0.05, 0) is 68.1 Å². The molecular weight excluding hydrogens is 672 g/mol. The number of fused-ring (bicyclic) bond motifs is 5. The van der Waals surface area contributed by atoms with Crippen molar-refractivity contribution >= 4 is 35.6 Å². The SMILES string of the molecule is COC(=O)[C@@H]1O[C@@H](O[C@@H]2CC[C@]3(C)[C@H](CC[C@H]4[C@H]5CC[C@](O)([C@H](O)COC(C)=O)[C@]5(C)CC(=O)[C@@H]43)C2)[C@H](OC(C)=O)[C@@H](OC(C)=O)[C@@H]1OC(C)=O. The number of aliphatic hydroxyl groups is 2. The maximum atomic E-state index is 14.2. The molecule has 1 saturated heterocycles. The van der Waals surface area contributed by atoms with Gasteiger partial charge in [-0.15, -0.1) is 0 Å². The topological polar surface area (TPSA) is 207 Å². The zero-order valence-corrected chi connectivity index (χ0v) is 30.4. The summed E-state index contributed by atoms with van der Waals surface area (Å²) in [6, 6.07) is 0. The van der Waals surface area contributed by atoms with Crippen molar-refractivity contribution in [2.24, 2.45) is 34.5 Å². The molecule has 286 valence electrons. The molecule has 2 N–H and O–H groups in total. The van der Waals surface area contributed by atoms with Gasteiger partial charge in [-0.3, -0.25) is 24.0 Å². The molecular formula is C36H52O15. The van der Waals surface area contributed by atoms with Gasteiger partial charge < -0.3 is 43.4 Å². The van der Waals surface area contributed by atoms with Crippen LogP contribution in [0.5, 0.6) is 0 Å². The van der Waals surface area contributed by atoms with Crippen molar-refractivity contribution in [1.29, 1.82) is 0 Å². The van der Waals surface area contributed by atoms with Crippen LogP contribution in [-0.4, -0.2) is 108 Å². The second-order valence-electron chi connectivity index (χ2n) is 15.6. The summed E-state index contributed by atoms with van der Waals surface area (Å²) in [5, 5.41) is 22.9. The first-order valence-corrected chi connectivity index (χ1v) is 17.8. The summed E-state index contributed by atoms with van der Waals surface area (Å²) in [6.07, 6.45) is -4.87. The van der Waals surface area contributed by atoms with Crippen LogP contribution >= 0.6 is 0 Å². The van der Waals surface area contributed by atoms with Gasteiger partial charge in [0.2, 0.25) is 0 Å². The van der Waals surface area contributed by atoms with Crippen LogP contribution < -0.4 is 0 Å². The molecule has 0 aromatic rings. The number of methoxy groups -OCH3 is 1. The van der Waals surface area contributed by atoms with E-state index in [0.717, 1.165) is 40.7 Å². The zero-order chi connectivity index (χ0) is 37.6. The highest BCUT2D eigenvalue weighted by Crippen LogP contribution is 2.68. The summed E-state index contributed by atoms with van der Waals surface area (Å²) < 4.78 is 38.8. The van der Waals surface area contributed by atoms with E-state index >= 15 is 0 Å². The summed E-state index contributed by atoms with van der Waals surface area (Å²) in [7, 11) is 1.12. The summed E-state index contributed by atoms with van der Waals surface area (Å²) >= 11 is 0. The summed E-state index contributed by atoms with van der Waals surface area (Å²) in [4.78, 5) is 75.0. The first-order chi connectivity index (χ1) is 23.9. The Bertz CT molecular complexity index is 1400. The van der Waals surface area contributed by atoms with Crippen LogP contribution in [0.3, 0.4) is 0 Å². The first kappa shape index (κ1) is 39.1. The molecule has 51 heavy (non-hydrogen) atoms. The number of ketones is 1. The molecule has 0 amide bonds. The monoisotopic (exact) mass is 724 g/mol. The van der Waals surface area contributed by atoms with Crippen LogP contribution in [0.15, 0.2) is 0 Å². The van der Waals surface area contributed by atoms with Crippen molar-refractivity contribution in [2.45, 2.75) is 141 Å². The van der Waals surface area contributed by atoms with Crippen molar-refractivity contribution in [3.63, 3.8) is 0 Å². The molecule has 5 rings (SSSR count). The van der Waals surface area contributed by atoms with Gasteiger partial charge in [0.05, 0.1) is 18.8 Å². The third kappa shape index (κ3) is 7.15. The number of Topliss-reactive ketones (excluding diaryl/α,β-unsaturated/α-hetero) is 1. The predicted octanol–water partition coefficient (Wildman–Crippen LogP) is 1.94. The number of aliphatic hydroxyl groups excluding tert-OH is 1. The van der Waals surface area contributed by atoms with Crippen LogP contribution in [0.25, 0.3) is 0 Å². The van der Waals surface area contributed by atoms with Gasteiger partial charge in [-0.2, -0.15) is 0 Å². The third-order valence-electron chi connectivity index (χ3n) is 12.7. The Balaban J connectivity index is 1.35. The lowest BCUT2D eigenvalue weighted by Crippen LogP contribution is -2.65. The summed E-state index contributed by atoms with van der Waals surface area (Å²) in [6.45, 7) is 8.31. The van der Waals surface area contributed by atoms with E-state index in [-0.39, 0.29) is 47.9 Å². The smallest absolute Gasteiger partial charge is 0.339 e. The van der Waals surface area contributed by atoms with Gasteiger partial charge in [-0.1, -0.05) is 13.8 Å². The number of carbonyl (C=O) groups is 6. The first-order valence-electron chi connectivity index (χ1n) is 17.8. The Morgan fingerprint density at radius 1 is 0.863 bits per heavy atom. The van der Waals surface area contributed by atoms with E-state index in [1.165, 1.54) is 6.92 Å². The van der Waals surface area contributed by atoms with Crippen LogP contribution in [0, 0.1) is 34.5 Å². The molecule has 0 aromatic heterocycles. The van der Waals surface area contributed by atoms with E-state index in [0.29, 0.717) is 32.1 Å². The molecule has 5 aliphatic rings. The Hall–Kier alpha value is -3.14. The average molecular weight is 725 g/mol. The fourth-order valence-electron chi connectivity index (χ4n) is 10.5. The van der Waals surface area contributed by atoms with E-state index in [9.17, 15) is 39.0 Å². The standard InChI is InChI=1S/C36H52O15/c1-17(37)46-16-26(42)36(44)13-11-24-23-9-8-21-14-22(10-12-34(21,5)27(23)25(41)15-35(24,36)6)50-33-31(49-20(4)40)29(48-19(3)39)28(47-18(2)38)30(51-33)32(43)45-7/h21-24,26-31,33,42,44H,8-16H2,1-7H3/t21-,22-,23+,24-,26-,27-,28+,29+,30-,31-,33-,34-,35-,36+/m1/s1. The number of ether oxygens (including phenoxy) is 7. The third-order valence-corrected chi connectivity index (χ3v) is 12.7. The number of hydrogen-bond acceptors (Lipinski definition) is 15. The number of hydrogen-bond donors (Lipinski definition) is 2. The molecule has 0 spiro atoms. The highest BCUT2D eigenvalue weighted by molar-refractivity contribution is 5.84. The Morgan fingerprint density at radius 3 is 2.10 bits per heavy atom. The highest BCUT2D eigenvalue weighted by atomic mass is 16.7. The molecule has 4 aliphatic carbocycles. The van der Waals surface area contributed by atoms with Crippen molar-refractivity contribution < 1.29 is 72.1 Å². The number of esters is 5. The van der Waals surface area contributed by atoms with Gasteiger partial charge >= 0.3 is 29.8 Å². The molecule has 5 fully saturated rings. The normalized spacial score (nSPS) is 42.3. The molecule has 1 heterocycles. The Morgan fingerprint density at radius 2 is 1.49 bits per heavy atom. The molecule has 15 nitrogen and oxygen atoms in total. The van der Waals surface area contributed by atoms with E-state index in [1.54, 1.807) is 0 Å². The molecule has 1 aliphatic heterocycles. The fraction of sp³-hybridized carbons (Fsp3) is 0.833. The molecule has 4 saturated carbocycles. The van der Waals surface area contributed by atoms with Gasteiger partial charge in [0, 0.05) is 45.4 Å². The lowest BCUT2D eigenvalue weighted by molar-refractivity contribution is -0.314. The molecule has 0 bridgehead atoms. The highest BCUT2D eigenvalue weighted by Gasteiger charge is 2.69. The van der Waals surface area contributed by atoms with E-state index in [1.807, 2.05) is 6.92 Å². The Labute approximate surface area is 297 Å². The summed E-state index contributed by atoms with van der Waals surface area (Å²) in [5.41, 5.74) is -2.83. The van der Waals surface area contributed by atoms with Gasteiger partial charge in [-0.25, -0.2) is 4.79 Å². The van der Waals surface area contributed by atoms with E-state index < -0.39 is 83.8 Å². The lowest BCUT2D eigenvalue weighted by atomic mass is 9.44. The second kappa shape index (κ2) is 14.7. The van der Waals surface area contributed by atoms with Crippen LogP contribution in [0.4, 0.5) is 0 Å². The minimum absolute atomic E-state index is 0.00320. The van der Waals surface area contributed by atoms with Crippen molar-refractivity contribution in [3.8, 4) is 0 Å². The van der Waals surface area contributed by atoms with Crippen LogP contribution in [0.1, 0.15) is 92.9 Å². The maximum Gasteiger partial charge on any atom is 0.339 e. The van der Waals surface area contributed by atoms with Crippen LogP contribution in [0.2, 0.25) is 0 Å². The van der Waals surface area contributed by atoms with Crippen molar-refractivity contribution in [1.82, 2.24) is 0 Å².